The van der Waals surface area contributed by atoms with Gasteiger partial charge in [0.05, 0.1) is 14.2 Å². The van der Waals surface area contributed by atoms with E-state index in [1.54, 1.807) is 12.1 Å². The molecule has 2 aromatic rings. The number of hydrogen-bond acceptors (Lipinski definition) is 5. The van der Waals surface area contributed by atoms with Crippen LogP contribution in [0.15, 0.2) is 51.9 Å². The molecular weight excluding hydrogens is 390 g/mol. The highest BCUT2D eigenvalue weighted by Gasteiger charge is 2.39. The van der Waals surface area contributed by atoms with Crippen LogP contribution in [-0.4, -0.2) is 37.2 Å². The van der Waals surface area contributed by atoms with Gasteiger partial charge in [0.2, 0.25) is 5.90 Å². The van der Waals surface area contributed by atoms with Gasteiger partial charge in [0, 0.05) is 15.6 Å². The summed E-state index contributed by atoms with van der Waals surface area (Å²) in [6, 6.07) is 11.6. The highest BCUT2D eigenvalue weighted by atomic mass is 79.9. The largest absolute Gasteiger partial charge is 0.493 e. The van der Waals surface area contributed by atoms with Crippen molar-refractivity contribution in [2.24, 2.45) is 4.99 Å². The number of nitrogens with zero attached hydrogens (tertiary/aromatic N) is 1. The standard InChI is InChI=1S/C18H16BrNO5/c1-23-13-8-11(12(19)9-14(13)24-2)16-15(18(21)22)20-17(25-16)10-6-4-3-5-7-10/h3-9,15-16H,1-2H3,(H,21,22). The van der Waals surface area contributed by atoms with Crippen LogP contribution in [0.4, 0.5) is 0 Å². The van der Waals surface area contributed by atoms with Crippen LogP contribution in [0.3, 0.4) is 0 Å². The number of aliphatic carboxylic acids is 1. The van der Waals surface area contributed by atoms with Crippen molar-refractivity contribution >= 4 is 27.8 Å². The fourth-order valence-corrected chi connectivity index (χ4v) is 3.19. The van der Waals surface area contributed by atoms with Gasteiger partial charge >= 0.3 is 5.97 Å². The third-order valence-corrected chi connectivity index (χ3v) is 4.55. The second-order valence-corrected chi connectivity index (χ2v) is 6.20. The summed E-state index contributed by atoms with van der Waals surface area (Å²) >= 11 is 3.45. The second kappa shape index (κ2) is 7.14. The van der Waals surface area contributed by atoms with Crippen molar-refractivity contribution in [3.05, 3.63) is 58.1 Å². The Kier molecular flexibility index (Phi) is 4.94. The van der Waals surface area contributed by atoms with Gasteiger partial charge < -0.3 is 19.3 Å². The number of ether oxygens (including phenoxy) is 3. The quantitative estimate of drug-likeness (QED) is 0.824. The predicted molar refractivity (Wildman–Crippen MR) is 95.5 cm³/mol. The second-order valence-electron chi connectivity index (χ2n) is 5.35. The number of carbonyl (C=O) groups is 1. The minimum Gasteiger partial charge on any atom is -0.493 e. The smallest absolute Gasteiger partial charge is 0.332 e. The van der Waals surface area contributed by atoms with Gasteiger partial charge in [0.15, 0.2) is 23.6 Å². The number of carboxylic acid groups (broad SMARTS) is 1. The summed E-state index contributed by atoms with van der Waals surface area (Å²) in [7, 11) is 3.05. The fraction of sp³-hybridized carbons (Fsp3) is 0.222. The third-order valence-electron chi connectivity index (χ3n) is 3.86. The van der Waals surface area contributed by atoms with E-state index < -0.39 is 18.1 Å². The van der Waals surface area contributed by atoms with Crippen molar-refractivity contribution in [2.45, 2.75) is 12.1 Å². The Balaban J connectivity index is 2.01. The molecule has 0 radical (unpaired) electrons. The normalized spacial score (nSPS) is 19.1. The average Bonchev–Trinajstić information content (AvgIpc) is 3.07. The van der Waals surface area contributed by atoms with Crippen LogP contribution >= 0.6 is 15.9 Å². The average molecular weight is 406 g/mol. The topological polar surface area (TPSA) is 77.4 Å². The van der Waals surface area contributed by atoms with Crippen LogP contribution in [0.2, 0.25) is 0 Å². The number of hydrogen-bond donors (Lipinski definition) is 1. The Morgan fingerprint density at radius 3 is 2.40 bits per heavy atom. The predicted octanol–water partition coefficient (Wildman–Crippen LogP) is 3.44. The van der Waals surface area contributed by atoms with Gasteiger partial charge in [-0.3, -0.25) is 0 Å². The minimum absolute atomic E-state index is 0.305. The molecule has 7 heteroatoms. The maximum atomic E-state index is 11.7. The summed E-state index contributed by atoms with van der Waals surface area (Å²) in [6.07, 6.45) is -0.776. The number of methoxy groups -OCH3 is 2. The number of halogens is 1. The van der Waals surface area contributed by atoms with Gasteiger partial charge in [-0.15, -0.1) is 0 Å². The molecule has 2 aromatic carbocycles. The SMILES string of the molecule is COc1cc(Br)c(C2OC(c3ccccc3)=NC2C(=O)O)cc1OC. The van der Waals surface area contributed by atoms with E-state index in [0.29, 0.717) is 27.4 Å². The molecule has 2 atom stereocenters. The molecule has 1 aliphatic heterocycles. The number of benzene rings is 2. The van der Waals surface area contributed by atoms with E-state index in [2.05, 4.69) is 20.9 Å². The number of carboxylic acids is 1. The highest BCUT2D eigenvalue weighted by molar-refractivity contribution is 9.10. The van der Waals surface area contributed by atoms with Crippen molar-refractivity contribution in [3.63, 3.8) is 0 Å². The van der Waals surface area contributed by atoms with Crippen LogP contribution in [-0.2, 0) is 9.53 Å². The maximum absolute atomic E-state index is 11.7. The molecule has 1 aliphatic rings. The number of rotatable bonds is 5. The van der Waals surface area contributed by atoms with Crippen molar-refractivity contribution in [1.82, 2.24) is 0 Å². The summed E-state index contributed by atoms with van der Waals surface area (Å²) in [5, 5.41) is 9.57. The monoisotopic (exact) mass is 405 g/mol. The van der Waals surface area contributed by atoms with E-state index in [9.17, 15) is 9.90 Å². The minimum atomic E-state index is -1.06. The van der Waals surface area contributed by atoms with E-state index >= 15 is 0 Å². The van der Waals surface area contributed by atoms with Crippen LogP contribution in [0, 0.1) is 0 Å². The molecule has 25 heavy (non-hydrogen) atoms. The molecule has 0 fully saturated rings. The molecule has 0 saturated carbocycles. The summed E-state index contributed by atoms with van der Waals surface area (Å²) in [6.45, 7) is 0. The Hall–Kier alpha value is -2.54. The zero-order valence-electron chi connectivity index (χ0n) is 13.6. The fourth-order valence-electron chi connectivity index (χ4n) is 2.64. The molecule has 0 aromatic heterocycles. The first-order valence-electron chi connectivity index (χ1n) is 7.49. The van der Waals surface area contributed by atoms with Gasteiger partial charge in [-0.2, -0.15) is 0 Å². The Morgan fingerprint density at radius 2 is 1.80 bits per heavy atom. The Morgan fingerprint density at radius 1 is 1.16 bits per heavy atom. The summed E-state index contributed by atoms with van der Waals surface area (Å²) in [4.78, 5) is 15.9. The Labute approximate surface area is 153 Å². The lowest BCUT2D eigenvalue weighted by Gasteiger charge is -2.19. The number of aliphatic imine (C=N–C) groups is 1. The lowest BCUT2D eigenvalue weighted by molar-refractivity contribution is -0.140. The Bertz CT molecular complexity index is 822. The van der Waals surface area contributed by atoms with Crippen molar-refractivity contribution in [2.75, 3.05) is 14.2 Å². The van der Waals surface area contributed by atoms with Gasteiger partial charge in [-0.05, 0) is 24.3 Å². The zero-order valence-corrected chi connectivity index (χ0v) is 15.2. The van der Waals surface area contributed by atoms with E-state index in [1.807, 2.05) is 30.3 Å². The summed E-state index contributed by atoms with van der Waals surface area (Å²) in [5.41, 5.74) is 1.35. The first kappa shape index (κ1) is 17.3. The molecule has 3 rings (SSSR count). The third kappa shape index (κ3) is 3.32. The van der Waals surface area contributed by atoms with Crippen LogP contribution in [0.25, 0.3) is 0 Å². The van der Waals surface area contributed by atoms with Crippen molar-refractivity contribution in [1.29, 1.82) is 0 Å². The van der Waals surface area contributed by atoms with E-state index in [4.69, 9.17) is 14.2 Å². The highest BCUT2D eigenvalue weighted by Crippen LogP contribution is 2.41. The lowest BCUT2D eigenvalue weighted by atomic mass is 10.0. The molecule has 1 heterocycles. The first-order chi connectivity index (χ1) is 12.0. The summed E-state index contributed by atoms with van der Waals surface area (Å²) < 4.78 is 17.1. The molecule has 0 aliphatic carbocycles. The molecule has 0 amide bonds. The first-order valence-corrected chi connectivity index (χ1v) is 8.28. The van der Waals surface area contributed by atoms with Crippen LogP contribution in [0.1, 0.15) is 17.2 Å². The molecular formula is C18H16BrNO5. The molecule has 0 saturated heterocycles. The van der Waals surface area contributed by atoms with E-state index in [1.165, 1.54) is 14.2 Å². The maximum Gasteiger partial charge on any atom is 0.332 e. The van der Waals surface area contributed by atoms with Gasteiger partial charge in [-0.25, -0.2) is 9.79 Å². The molecule has 130 valence electrons. The van der Waals surface area contributed by atoms with Gasteiger partial charge in [0.25, 0.3) is 0 Å². The van der Waals surface area contributed by atoms with Crippen molar-refractivity contribution in [3.8, 4) is 11.5 Å². The molecule has 0 spiro atoms. The van der Waals surface area contributed by atoms with E-state index in [0.717, 1.165) is 5.56 Å². The molecule has 1 N–H and O–H groups in total. The van der Waals surface area contributed by atoms with Crippen LogP contribution in [0.5, 0.6) is 11.5 Å². The molecule has 6 nitrogen and oxygen atoms in total. The molecule has 0 bridgehead atoms. The van der Waals surface area contributed by atoms with Crippen molar-refractivity contribution < 1.29 is 24.1 Å². The van der Waals surface area contributed by atoms with Gasteiger partial charge in [0.1, 0.15) is 0 Å². The van der Waals surface area contributed by atoms with E-state index in [-0.39, 0.29) is 0 Å². The molecule has 2 unspecified atom stereocenters. The van der Waals surface area contributed by atoms with Crippen LogP contribution < -0.4 is 9.47 Å². The lowest BCUT2D eigenvalue weighted by Crippen LogP contribution is -2.24. The summed E-state index contributed by atoms with van der Waals surface area (Å²) in [5.74, 6) is 0.270. The van der Waals surface area contributed by atoms with Gasteiger partial charge in [-0.1, -0.05) is 34.1 Å². The zero-order chi connectivity index (χ0) is 18.0.